The van der Waals surface area contributed by atoms with Crippen molar-refractivity contribution in [1.29, 1.82) is 0 Å². The second kappa shape index (κ2) is 12.3. The van der Waals surface area contributed by atoms with E-state index in [1.54, 1.807) is 33.0 Å². The fraction of sp³-hybridized carbons (Fsp3) is 0.480. The second-order valence-electron chi connectivity index (χ2n) is 9.61. The number of methoxy groups -OCH3 is 1. The average Bonchev–Trinajstić information content (AvgIpc) is 3.25. The third-order valence-corrected chi connectivity index (χ3v) is 5.64. The number of ether oxygens (including phenoxy) is 3. The molecule has 3 N–H and O–H groups in total. The lowest BCUT2D eigenvalue weighted by atomic mass is 10.1. The van der Waals surface area contributed by atoms with Crippen LogP contribution in [-0.4, -0.2) is 66.4 Å². The van der Waals surface area contributed by atoms with Crippen molar-refractivity contribution in [1.82, 2.24) is 15.2 Å². The number of nitrogens with zero attached hydrogens (tertiary/aromatic N) is 2. The quantitative estimate of drug-likeness (QED) is 0.273. The van der Waals surface area contributed by atoms with Gasteiger partial charge in [0.05, 0.1) is 7.11 Å². The maximum Gasteiger partial charge on any atom is 0.497 e. The molecule has 12 nitrogen and oxygen atoms in total. The van der Waals surface area contributed by atoms with E-state index in [4.69, 9.17) is 14.2 Å². The summed E-state index contributed by atoms with van der Waals surface area (Å²) in [6.45, 7) is 6.41. The third-order valence-electron chi connectivity index (χ3n) is 5.64. The highest BCUT2D eigenvalue weighted by atomic mass is 16.6. The summed E-state index contributed by atoms with van der Waals surface area (Å²) in [4.78, 5) is 53.7. The van der Waals surface area contributed by atoms with Gasteiger partial charge in [-0.15, -0.1) is 0 Å². The molecule has 2 aromatic rings. The van der Waals surface area contributed by atoms with Crippen molar-refractivity contribution in [3.8, 4) is 0 Å². The number of anilines is 1. The van der Waals surface area contributed by atoms with Gasteiger partial charge in [0.1, 0.15) is 30.5 Å². The molecule has 0 spiro atoms. The highest BCUT2D eigenvalue weighted by molar-refractivity contribution is 5.83. The van der Waals surface area contributed by atoms with Crippen molar-refractivity contribution < 1.29 is 33.2 Å². The first kappa shape index (κ1) is 27.7. The van der Waals surface area contributed by atoms with Crippen LogP contribution in [0.15, 0.2) is 47.4 Å². The number of benzene rings is 1. The SMILES string of the molecule is COC(=O)[C@@H]1C[C@H]([n+]2ccc(NC(=O)OCc3ccccc3)[nH]c2=O)CN1CCNC(=O)OC(C)(C)C. The first-order valence-corrected chi connectivity index (χ1v) is 12.0. The van der Waals surface area contributed by atoms with Crippen LogP contribution in [0.2, 0.25) is 0 Å². The molecule has 1 aromatic carbocycles. The second-order valence-corrected chi connectivity index (χ2v) is 9.61. The molecule has 37 heavy (non-hydrogen) atoms. The molecule has 2 atom stereocenters. The zero-order chi connectivity index (χ0) is 27.0. The minimum Gasteiger partial charge on any atom is -0.468 e. The molecule has 0 saturated carbocycles. The van der Waals surface area contributed by atoms with Gasteiger partial charge < -0.3 is 19.5 Å². The zero-order valence-electron chi connectivity index (χ0n) is 21.5. The Hall–Kier alpha value is -3.93. The highest BCUT2D eigenvalue weighted by Gasteiger charge is 2.41. The molecular weight excluding hydrogens is 482 g/mol. The van der Waals surface area contributed by atoms with Crippen molar-refractivity contribution in [3.63, 3.8) is 0 Å². The molecule has 200 valence electrons. The number of carbonyl (C=O) groups is 3. The van der Waals surface area contributed by atoms with Crippen LogP contribution in [0.3, 0.4) is 0 Å². The van der Waals surface area contributed by atoms with Gasteiger partial charge in [-0.1, -0.05) is 30.3 Å². The van der Waals surface area contributed by atoms with E-state index in [1.165, 1.54) is 11.7 Å². The number of carbonyl (C=O) groups excluding carboxylic acids is 3. The number of amides is 2. The lowest BCUT2D eigenvalue weighted by molar-refractivity contribution is -0.735. The van der Waals surface area contributed by atoms with Crippen molar-refractivity contribution in [3.05, 3.63) is 58.6 Å². The van der Waals surface area contributed by atoms with Crippen LogP contribution in [0, 0.1) is 0 Å². The van der Waals surface area contributed by atoms with Crippen molar-refractivity contribution in [2.24, 2.45) is 0 Å². The Morgan fingerprint density at radius 3 is 2.51 bits per heavy atom. The van der Waals surface area contributed by atoms with Crippen LogP contribution in [0.4, 0.5) is 15.4 Å². The van der Waals surface area contributed by atoms with Gasteiger partial charge >= 0.3 is 23.8 Å². The molecule has 1 aliphatic heterocycles. The normalized spacial score (nSPS) is 17.6. The molecule has 1 saturated heterocycles. The van der Waals surface area contributed by atoms with Gasteiger partial charge in [0, 0.05) is 32.1 Å². The Morgan fingerprint density at radius 2 is 1.86 bits per heavy atom. The van der Waals surface area contributed by atoms with Crippen molar-refractivity contribution in [2.75, 3.05) is 32.1 Å². The summed E-state index contributed by atoms with van der Waals surface area (Å²) in [5, 5.41) is 5.18. The molecule has 12 heteroatoms. The van der Waals surface area contributed by atoms with Crippen LogP contribution in [0.5, 0.6) is 0 Å². The van der Waals surface area contributed by atoms with Gasteiger partial charge in [0.2, 0.25) is 5.82 Å². The van der Waals surface area contributed by atoms with Gasteiger partial charge in [0.15, 0.2) is 0 Å². The number of rotatable bonds is 8. The fourth-order valence-electron chi connectivity index (χ4n) is 4.00. The van der Waals surface area contributed by atoms with Crippen LogP contribution in [0.1, 0.15) is 38.8 Å². The van der Waals surface area contributed by atoms with Crippen molar-refractivity contribution >= 4 is 24.0 Å². The number of nitrogens with one attached hydrogen (secondary N) is 3. The number of likely N-dealkylation sites (tertiary alicyclic amines) is 1. The first-order valence-electron chi connectivity index (χ1n) is 12.0. The average molecular weight is 517 g/mol. The van der Waals surface area contributed by atoms with E-state index in [2.05, 4.69) is 15.6 Å². The maximum atomic E-state index is 12.8. The van der Waals surface area contributed by atoms with Crippen LogP contribution < -0.4 is 20.9 Å². The van der Waals surface area contributed by atoms with Gasteiger partial charge in [-0.05, 0) is 26.3 Å². The Bertz CT molecular complexity index is 1150. The Kier molecular flexibility index (Phi) is 9.23. The summed E-state index contributed by atoms with van der Waals surface area (Å²) in [6.07, 6.45) is 0.646. The number of aromatic nitrogens is 2. The molecular formula is C25H34N5O7+. The Labute approximate surface area is 214 Å². The van der Waals surface area contributed by atoms with Gasteiger partial charge in [0.25, 0.3) is 0 Å². The molecule has 0 unspecified atom stereocenters. The molecule has 2 amide bonds. The van der Waals surface area contributed by atoms with E-state index >= 15 is 0 Å². The van der Waals surface area contributed by atoms with E-state index in [-0.39, 0.29) is 25.0 Å². The predicted octanol–water partition coefficient (Wildman–Crippen LogP) is 1.72. The van der Waals surface area contributed by atoms with Crippen LogP contribution in [0.25, 0.3) is 0 Å². The monoisotopic (exact) mass is 516 g/mol. The van der Waals surface area contributed by atoms with E-state index in [9.17, 15) is 19.2 Å². The summed E-state index contributed by atoms with van der Waals surface area (Å²) in [5.41, 5.74) is -0.234. The minimum atomic E-state index is -0.701. The van der Waals surface area contributed by atoms with E-state index in [0.717, 1.165) is 5.56 Å². The van der Waals surface area contributed by atoms with Gasteiger partial charge in [-0.25, -0.2) is 9.59 Å². The lowest BCUT2D eigenvalue weighted by Crippen LogP contribution is -2.55. The topological polar surface area (TPSA) is 143 Å². The Balaban J connectivity index is 1.59. The number of H-pyrrole nitrogens is 1. The number of hydrogen-bond donors (Lipinski definition) is 3. The van der Waals surface area contributed by atoms with Crippen LogP contribution >= 0.6 is 0 Å². The fourth-order valence-corrected chi connectivity index (χ4v) is 4.00. The van der Waals surface area contributed by atoms with E-state index in [1.807, 2.05) is 35.2 Å². The lowest BCUT2D eigenvalue weighted by Gasteiger charge is -2.23. The first-order chi connectivity index (χ1) is 17.6. The summed E-state index contributed by atoms with van der Waals surface area (Å²) < 4.78 is 16.8. The van der Waals surface area contributed by atoms with Crippen LogP contribution in [-0.2, 0) is 25.6 Å². The number of esters is 1. The minimum absolute atomic E-state index is 0.0966. The largest absolute Gasteiger partial charge is 0.497 e. The summed E-state index contributed by atoms with van der Waals surface area (Å²) in [5.74, 6) is -0.239. The molecule has 1 aromatic heterocycles. The molecule has 1 fully saturated rings. The Morgan fingerprint density at radius 1 is 1.14 bits per heavy atom. The standard InChI is InChI=1S/C25H33N5O7/c1-25(2,3)37-23(33)26-11-13-29-15-18(14-19(29)21(31)35-4)30-12-10-20(27-22(30)32)28-24(34)36-16-17-8-6-5-7-9-17/h5-10,12,18-19H,11,13-16H2,1-4H3,(H2,26,27,28,32,33,34)/p+1/t18-,19-/m0/s1. The van der Waals surface area contributed by atoms with E-state index in [0.29, 0.717) is 19.5 Å². The molecule has 0 bridgehead atoms. The molecule has 0 radical (unpaired) electrons. The molecule has 2 heterocycles. The maximum absolute atomic E-state index is 12.8. The van der Waals surface area contributed by atoms with E-state index < -0.39 is 35.5 Å². The van der Waals surface area contributed by atoms with Gasteiger partial charge in [-0.2, -0.15) is 14.3 Å². The summed E-state index contributed by atoms with van der Waals surface area (Å²) >= 11 is 0. The van der Waals surface area contributed by atoms with Crippen molar-refractivity contribution in [2.45, 2.75) is 51.5 Å². The van der Waals surface area contributed by atoms with Gasteiger partial charge in [-0.3, -0.25) is 15.0 Å². The zero-order valence-corrected chi connectivity index (χ0v) is 21.5. The number of aromatic amines is 1. The summed E-state index contributed by atoms with van der Waals surface area (Å²) in [7, 11) is 1.31. The highest BCUT2D eigenvalue weighted by Crippen LogP contribution is 2.23. The smallest absolute Gasteiger partial charge is 0.468 e. The molecule has 1 aliphatic rings. The molecule has 3 rings (SSSR count). The summed E-state index contributed by atoms with van der Waals surface area (Å²) in [6, 6.07) is 9.87. The third kappa shape index (κ3) is 8.31. The number of alkyl carbamates (subject to hydrolysis) is 1. The molecule has 0 aliphatic carbocycles. The predicted molar refractivity (Wildman–Crippen MR) is 133 cm³/mol. The number of hydrogen-bond acceptors (Lipinski definition) is 8.